The van der Waals surface area contributed by atoms with Gasteiger partial charge in [0, 0.05) is 33.5 Å². The lowest BCUT2D eigenvalue weighted by Gasteiger charge is -2.22. The molecule has 0 saturated carbocycles. The van der Waals surface area contributed by atoms with Crippen molar-refractivity contribution in [1.82, 2.24) is 5.32 Å². The highest BCUT2D eigenvalue weighted by Crippen LogP contribution is 2.40. The molecule has 204 valence electrons. The van der Waals surface area contributed by atoms with Crippen molar-refractivity contribution in [1.29, 1.82) is 0 Å². The van der Waals surface area contributed by atoms with Crippen LogP contribution in [0.15, 0.2) is 54.6 Å². The maximum Gasteiger partial charge on any atom is 0.260 e. The quantitative estimate of drug-likeness (QED) is 0.346. The molecule has 0 bridgehead atoms. The van der Waals surface area contributed by atoms with Crippen molar-refractivity contribution < 1.29 is 23.6 Å². The van der Waals surface area contributed by atoms with Crippen molar-refractivity contribution >= 4 is 38.3 Å². The molecule has 1 unspecified atom stereocenters. The van der Waals surface area contributed by atoms with Crippen molar-refractivity contribution in [3.05, 3.63) is 76.9 Å². The lowest BCUT2D eigenvalue weighted by Crippen LogP contribution is -2.39. The average Bonchev–Trinajstić information content (AvgIpc) is 3.26. The number of likely N-dealkylation sites (N-methyl/N-ethyl adjacent to an activating group) is 1. The van der Waals surface area contributed by atoms with Crippen LogP contribution in [0.25, 0.3) is 0 Å². The molecule has 39 heavy (non-hydrogen) atoms. The highest BCUT2D eigenvalue weighted by Gasteiger charge is 2.37. The number of fused-ring (bicyclic) bond motifs is 4. The minimum Gasteiger partial charge on any atom is -0.493 e. The molecule has 0 spiro atoms. The second-order valence-electron chi connectivity index (χ2n) is 9.73. The van der Waals surface area contributed by atoms with Crippen LogP contribution in [0.4, 0.5) is 17.1 Å². The van der Waals surface area contributed by atoms with Crippen LogP contribution in [0, 0.1) is 0 Å². The minimum absolute atomic E-state index is 0.0404. The van der Waals surface area contributed by atoms with E-state index in [9.17, 15) is 9.59 Å². The maximum atomic E-state index is 13.7. The van der Waals surface area contributed by atoms with Gasteiger partial charge in [-0.15, -0.1) is 0 Å². The van der Waals surface area contributed by atoms with Crippen molar-refractivity contribution in [2.24, 2.45) is 0 Å². The zero-order valence-corrected chi connectivity index (χ0v) is 23.4. The number of amides is 2. The topological polar surface area (TPSA) is 101 Å². The van der Waals surface area contributed by atoms with Gasteiger partial charge in [-0.25, -0.2) is 0 Å². The van der Waals surface area contributed by atoms with Crippen LogP contribution in [0.5, 0.6) is 11.5 Å². The Morgan fingerprint density at radius 1 is 1.13 bits per heavy atom. The molecular formula is C29H33N4O5P. The number of carbonyl (C=O) groups is 2. The van der Waals surface area contributed by atoms with Gasteiger partial charge in [-0.05, 0) is 67.4 Å². The van der Waals surface area contributed by atoms with Crippen LogP contribution in [-0.2, 0) is 29.0 Å². The number of nitrogens with one attached hydrogen (secondary N) is 3. The van der Waals surface area contributed by atoms with Gasteiger partial charge in [-0.2, -0.15) is 0 Å². The largest absolute Gasteiger partial charge is 0.493 e. The van der Waals surface area contributed by atoms with E-state index in [0.29, 0.717) is 41.6 Å². The van der Waals surface area contributed by atoms with Crippen molar-refractivity contribution in [3.8, 4) is 11.5 Å². The highest BCUT2D eigenvalue weighted by molar-refractivity contribution is 7.09. The van der Waals surface area contributed by atoms with Crippen molar-refractivity contribution in [2.45, 2.75) is 38.6 Å². The summed E-state index contributed by atoms with van der Waals surface area (Å²) in [5, 5.41) is 9.33. The summed E-state index contributed by atoms with van der Waals surface area (Å²) in [5.74, 6) is 0.785. The number of para-hydroxylation sites is 1. The van der Waals surface area contributed by atoms with Gasteiger partial charge in [-0.1, -0.05) is 18.2 Å². The van der Waals surface area contributed by atoms with E-state index >= 15 is 0 Å². The fourth-order valence-corrected chi connectivity index (χ4v) is 5.24. The van der Waals surface area contributed by atoms with Gasteiger partial charge in [0.1, 0.15) is 6.61 Å². The molecule has 0 aromatic heterocycles. The molecule has 3 N–H and O–H groups in total. The van der Waals surface area contributed by atoms with Crippen molar-refractivity contribution in [3.63, 3.8) is 0 Å². The second kappa shape index (κ2) is 11.6. The van der Waals surface area contributed by atoms with E-state index in [-0.39, 0.29) is 30.5 Å². The van der Waals surface area contributed by atoms with Crippen LogP contribution in [-0.4, -0.2) is 44.6 Å². The number of carbonyl (C=O) groups excluding carboxylic acids is 2. The third-order valence-electron chi connectivity index (χ3n) is 7.14. The van der Waals surface area contributed by atoms with Crippen LogP contribution >= 0.6 is 9.47 Å². The summed E-state index contributed by atoms with van der Waals surface area (Å²) >= 11 is 0. The summed E-state index contributed by atoms with van der Waals surface area (Å²) in [6.07, 6.45) is 0.811. The molecule has 2 amide bonds. The zero-order chi connectivity index (χ0) is 27.5. The van der Waals surface area contributed by atoms with Crippen LogP contribution in [0.1, 0.15) is 34.0 Å². The molecule has 3 aromatic rings. The molecule has 9 nitrogen and oxygen atoms in total. The van der Waals surface area contributed by atoms with Gasteiger partial charge >= 0.3 is 0 Å². The molecule has 3 atom stereocenters. The van der Waals surface area contributed by atoms with Crippen LogP contribution in [0.2, 0.25) is 0 Å². The van der Waals surface area contributed by atoms with Gasteiger partial charge in [0.05, 0.1) is 37.1 Å². The predicted octanol–water partition coefficient (Wildman–Crippen LogP) is 4.12. The van der Waals surface area contributed by atoms with Crippen LogP contribution in [0.3, 0.4) is 0 Å². The fraction of sp³-hybridized carbons (Fsp3) is 0.310. The summed E-state index contributed by atoms with van der Waals surface area (Å²) in [6, 6.07) is 17.0. The first-order valence-electron chi connectivity index (χ1n) is 12.8. The smallest absolute Gasteiger partial charge is 0.260 e. The molecule has 2 aliphatic rings. The van der Waals surface area contributed by atoms with E-state index in [1.807, 2.05) is 47.4 Å². The molecule has 3 aromatic carbocycles. The predicted molar refractivity (Wildman–Crippen MR) is 155 cm³/mol. The van der Waals surface area contributed by atoms with Gasteiger partial charge in [0.25, 0.3) is 5.91 Å². The number of hydrogen-bond acceptors (Lipinski definition) is 7. The molecule has 5 rings (SSSR count). The van der Waals surface area contributed by atoms with Crippen LogP contribution < -0.4 is 30.3 Å². The first-order chi connectivity index (χ1) is 18.9. The third-order valence-corrected chi connectivity index (χ3v) is 7.31. The SMILES string of the molecule is CN[C@@H](C)C(=O)Nc1cc(COP)cc(COc2cc3c(cc2OC)C(=O)N2c4ccccc4C[C@H]2CN3)c1. The summed E-state index contributed by atoms with van der Waals surface area (Å²) in [5.41, 5.74) is 5.78. The average molecular weight is 549 g/mol. The van der Waals surface area contributed by atoms with Crippen molar-refractivity contribution in [2.75, 3.05) is 36.2 Å². The Hall–Kier alpha value is -3.65. The maximum absolute atomic E-state index is 13.7. The Balaban J connectivity index is 1.39. The van der Waals surface area contributed by atoms with Gasteiger partial charge in [-0.3, -0.25) is 9.59 Å². The minimum atomic E-state index is -0.338. The summed E-state index contributed by atoms with van der Waals surface area (Å²) in [6.45, 7) is 3.00. The summed E-state index contributed by atoms with van der Waals surface area (Å²) in [7, 11) is 5.54. The fourth-order valence-electron chi connectivity index (χ4n) is 5.05. The second-order valence-corrected chi connectivity index (χ2v) is 10.1. The van der Waals surface area contributed by atoms with E-state index in [1.165, 1.54) is 5.56 Å². The lowest BCUT2D eigenvalue weighted by atomic mass is 10.1. The van der Waals surface area contributed by atoms with E-state index in [4.69, 9.17) is 14.0 Å². The molecule has 10 heteroatoms. The molecular weight excluding hydrogens is 515 g/mol. The molecule has 0 radical (unpaired) electrons. The number of ether oxygens (including phenoxy) is 2. The summed E-state index contributed by atoms with van der Waals surface area (Å²) in [4.78, 5) is 28.0. The number of anilines is 3. The Morgan fingerprint density at radius 3 is 2.64 bits per heavy atom. The van der Waals surface area contributed by atoms with Gasteiger partial charge in [0.2, 0.25) is 5.91 Å². The Labute approximate surface area is 230 Å². The molecule has 2 aliphatic heterocycles. The first kappa shape index (κ1) is 26.9. The molecule has 0 fully saturated rings. The third kappa shape index (κ3) is 5.57. The van der Waals surface area contributed by atoms with Gasteiger partial charge in [0.15, 0.2) is 11.5 Å². The van der Waals surface area contributed by atoms with E-state index in [2.05, 4.69) is 31.5 Å². The Bertz CT molecular complexity index is 1400. The first-order valence-corrected chi connectivity index (χ1v) is 13.3. The number of hydrogen-bond donors (Lipinski definition) is 3. The Morgan fingerprint density at radius 2 is 1.90 bits per heavy atom. The number of rotatable bonds is 9. The monoisotopic (exact) mass is 548 g/mol. The molecule has 0 aliphatic carbocycles. The zero-order valence-electron chi connectivity index (χ0n) is 22.2. The Kier molecular flexibility index (Phi) is 8.02. The van der Waals surface area contributed by atoms with E-state index in [1.54, 1.807) is 27.1 Å². The normalized spacial score (nSPS) is 16.4. The number of nitrogens with zero attached hydrogens (tertiary/aromatic N) is 1. The number of methoxy groups -OCH3 is 1. The lowest BCUT2D eigenvalue weighted by molar-refractivity contribution is -0.117. The molecule has 2 heterocycles. The molecule has 0 saturated heterocycles. The van der Waals surface area contributed by atoms with Gasteiger partial charge < -0.3 is 34.8 Å². The highest BCUT2D eigenvalue weighted by atomic mass is 31.0. The standard InChI is InChI=1S/C29H33N4O5P/c1-17(30-2)28(34)32-21-9-18(8-19(10-21)16-38-39)15-37-27-13-24-23(12-26(27)36-3)29(35)33-22(14-31-24)11-20-6-4-5-7-25(20)33/h4-10,12-13,17,22,30-31H,11,14-16,39H2,1-3H3,(H,32,34)/t17-,22-/m0/s1. The van der Waals surface area contributed by atoms with E-state index in [0.717, 1.165) is 23.2 Å². The number of benzene rings is 3. The summed E-state index contributed by atoms with van der Waals surface area (Å²) < 4.78 is 17.1. The van der Waals surface area contributed by atoms with E-state index < -0.39 is 0 Å².